The largest absolute Gasteiger partial charge is 0.305 e. The Kier molecular flexibility index (Phi) is 10.3. The Balaban J connectivity index is 0.000000233. The van der Waals surface area contributed by atoms with Crippen molar-refractivity contribution < 1.29 is 28.9 Å². The van der Waals surface area contributed by atoms with Crippen LogP contribution in [-0.2, 0) is 20.1 Å². The van der Waals surface area contributed by atoms with Gasteiger partial charge >= 0.3 is 0 Å². The quantitative estimate of drug-likeness (QED) is 0.197. The Hall–Kier alpha value is -3.60. The van der Waals surface area contributed by atoms with Gasteiger partial charge in [-0.05, 0) is 36.0 Å². The molecule has 173 valence electrons. The second-order valence-electron chi connectivity index (χ2n) is 6.76. The van der Waals surface area contributed by atoms with E-state index in [-0.39, 0.29) is 27.5 Å². The normalized spacial score (nSPS) is 9.59. The van der Waals surface area contributed by atoms with Gasteiger partial charge in [0.05, 0.1) is 17.1 Å². The summed E-state index contributed by atoms with van der Waals surface area (Å²) >= 11 is 0. The zero-order valence-corrected chi connectivity index (χ0v) is 19.7. The summed E-state index contributed by atoms with van der Waals surface area (Å²) in [6.45, 7) is 0. The number of pyridine rings is 3. The number of aromatic nitrogens is 3. The van der Waals surface area contributed by atoms with Gasteiger partial charge in [-0.2, -0.15) is 0 Å². The van der Waals surface area contributed by atoms with Gasteiger partial charge in [0.15, 0.2) is 0 Å². The van der Waals surface area contributed by atoms with Gasteiger partial charge in [-0.1, -0.05) is 68.1 Å². The van der Waals surface area contributed by atoms with Crippen molar-refractivity contribution >= 4 is 0 Å². The molecule has 2 aromatic carbocycles. The molecule has 0 N–H and O–H groups in total. The third kappa shape index (κ3) is 7.20. The van der Waals surface area contributed by atoms with Crippen molar-refractivity contribution in [2.75, 3.05) is 0 Å². The first kappa shape index (κ1) is 26.7. The van der Waals surface area contributed by atoms with E-state index in [1.807, 2.05) is 54.6 Å². The second kappa shape index (κ2) is 13.2. The molecule has 0 saturated carbocycles. The van der Waals surface area contributed by atoms with Crippen molar-refractivity contribution in [2.45, 2.75) is 7.43 Å². The van der Waals surface area contributed by atoms with Crippen LogP contribution in [0.2, 0.25) is 0 Å². The molecule has 34 heavy (non-hydrogen) atoms. The predicted octanol–water partition coefficient (Wildman–Crippen LogP) is 7.27. The molecule has 5 aromatic rings. The van der Waals surface area contributed by atoms with Crippen molar-refractivity contribution in [3.05, 3.63) is 127 Å². The predicted molar refractivity (Wildman–Crippen MR) is 128 cm³/mol. The van der Waals surface area contributed by atoms with E-state index >= 15 is 0 Å². The van der Waals surface area contributed by atoms with Crippen LogP contribution in [0.3, 0.4) is 0 Å². The number of halogens is 2. The van der Waals surface area contributed by atoms with Crippen LogP contribution in [0.4, 0.5) is 8.78 Å². The van der Waals surface area contributed by atoms with Crippen LogP contribution in [-0.4, -0.2) is 15.0 Å². The molecule has 5 rings (SSSR count). The monoisotopic (exact) mass is 631 g/mol. The molecule has 0 fully saturated rings. The first-order valence-corrected chi connectivity index (χ1v) is 9.93. The van der Waals surface area contributed by atoms with Crippen molar-refractivity contribution in [3.8, 4) is 33.9 Å². The third-order valence-electron chi connectivity index (χ3n) is 4.49. The van der Waals surface area contributed by atoms with Crippen molar-refractivity contribution in [1.82, 2.24) is 15.0 Å². The van der Waals surface area contributed by atoms with E-state index in [0.717, 1.165) is 28.7 Å². The fraction of sp³-hybridized carbons (Fsp3) is 0.0357. The van der Waals surface area contributed by atoms with Crippen LogP contribution in [0, 0.1) is 17.7 Å². The summed E-state index contributed by atoms with van der Waals surface area (Å²) in [6.07, 6.45) is 3.35. The zero-order chi connectivity index (χ0) is 22.2. The average Bonchev–Trinajstić information content (AvgIpc) is 2.86. The molecule has 3 aromatic heterocycles. The molecule has 0 saturated heterocycles. The summed E-state index contributed by atoms with van der Waals surface area (Å²) in [6, 6.07) is 31.6. The minimum atomic E-state index is -0.717. The van der Waals surface area contributed by atoms with Gasteiger partial charge in [-0.15, -0.1) is 17.7 Å². The van der Waals surface area contributed by atoms with Crippen LogP contribution < -0.4 is 0 Å². The smallest absolute Gasteiger partial charge is 0.0893 e. The molecule has 0 spiro atoms. The van der Waals surface area contributed by atoms with Crippen LogP contribution >= 0.6 is 0 Å². The summed E-state index contributed by atoms with van der Waals surface area (Å²) in [5.41, 5.74) is 4.72. The molecule has 0 amide bonds. The van der Waals surface area contributed by atoms with Crippen molar-refractivity contribution in [2.24, 2.45) is 0 Å². The number of rotatable bonds is 3. The Morgan fingerprint density at radius 1 is 0.588 bits per heavy atom. The number of nitrogens with zero attached hydrogens (tertiary/aromatic N) is 3. The first-order valence-electron chi connectivity index (χ1n) is 9.93. The second-order valence-corrected chi connectivity index (χ2v) is 6.76. The van der Waals surface area contributed by atoms with Crippen molar-refractivity contribution in [3.63, 3.8) is 0 Å². The van der Waals surface area contributed by atoms with E-state index in [2.05, 4.69) is 33.2 Å². The van der Waals surface area contributed by atoms with Gasteiger partial charge in [-0.25, -0.2) is 13.8 Å². The molecule has 0 bridgehead atoms. The van der Waals surface area contributed by atoms with E-state index in [1.165, 1.54) is 6.07 Å². The van der Waals surface area contributed by atoms with Gasteiger partial charge in [0.25, 0.3) is 0 Å². The molecular weight excluding hydrogens is 609 g/mol. The van der Waals surface area contributed by atoms with E-state index in [4.69, 9.17) is 0 Å². The topological polar surface area (TPSA) is 38.7 Å². The first-order chi connectivity index (χ1) is 15.7. The maximum Gasteiger partial charge on any atom is 0.0893 e. The molecule has 3 nitrogen and oxygen atoms in total. The van der Waals surface area contributed by atoms with Gasteiger partial charge in [0.2, 0.25) is 0 Å². The Bertz CT molecular complexity index is 1210. The van der Waals surface area contributed by atoms with Crippen molar-refractivity contribution in [1.29, 1.82) is 0 Å². The minimum absolute atomic E-state index is 0. The maximum atomic E-state index is 12.8. The standard InChI is InChI=1S/C16H12N2.C11H6F2N.CH4.Ir/c1-2-7-13(8-3-1)14-10-6-11-16(18-14)15-9-4-5-12-17-15;12-9-5-8(6-10(13)7-9)11-3-1-2-4-14-11;;/h1-12H;1-5,7H;1H4;/q;-1;;. The van der Waals surface area contributed by atoms with Crippen LogP contribution in [0.15, 0.2) is 109 Å². The minimum Gasteiger partial charge on any atom is -0.305 e. The summed E-state index contributed by atoms with van der Waals surface area (Å²) < 4.78 is 25.6. The molecular formula is C28H22F2IrN3-. The van der Waals surface area contributed by atoms with E-state index < -0.39 is 11.6 Å². The zero-order valence-electron chi connectivity index (χ0n) is 17.3. The van der Waals surface area contributed by atoms with Gasteiger partial charge < -0.3 is 4.98 Å². The van der Waals surface area contributed by atoms with Crippen LogP contribution in [0.5, 0.6) is 0 Å². The number of hydrogen-bond donors (Lipinski definition) is 0. The fourth-order valence-corrected chi connectivity index (χ4v) is 3.02. The van der Waals surface area contributed by atoms with Gasteiger partial charge in [-0.3, -0.25) is 4.98 Å². The van der Waals surface area contributed by atoms with E-state index in [1.54, 1.807) is 30.6 Å². The molecule has 0 aliphatic heterocycles. The summed E-state index contributed by atoms with van der Waals surface area (Å²) in [4.78, 5) is 12.9. The molecule has 0 aliphatic rings. The maximum absolute atomic E-state index is 12.8. The third-order valence-corrected chi connectivity index (χ3v) is 4.49. The Morgan fingerprint density at radius 2 is 1.18 bits per heavy atom. The molecule has 0 unspecified atom stereocenters. The molecule has 0 aliphatic carbocycles. The fourth-order valence-electron chi connectivity index (χ4n) is 3.02. The Morgan fingerprint density at radius 3 is 1.79 bits per heavy atom. The van der Waals surface area contributed by atoms with Crippen LogP contribution in [0.1, 0.15) is 7.43 Å². The number of benzene rings is 2. The summed E-state index contributed by atoms with van der Waals surface area (Å²) in [7, 11) is 0. The molecule has 0 atom stereocenters. The summed E-state index contributed by atoms with van der Waals surface area (Å²) in [5.74, 6) is -1.34. The van der Waals surface area contributed by atoms with Crippen LogP contribution in [0.25, 0.3) is 33.9 Å². The number of hydrogen-bond acceptors (Lipinski definition) is 3. The molecule has 6 heteroatoms. The molecule has 1 radical (unpaired) electrons. The average molecular weight is 631 g/mol. The Labute approximate surface area is 212 Å². The summed E-state index contributed by atoms with van der Waals surface area (Å²) in [5, 5.41) is 0. The van der Waals surface area contributed by atoms with Gasteiger partial charge in [0, 0.05) is 49.7 Å². The van der Waals surface area contributed by atoms with E-state index in [0.29, 0.717) is 11.3 Å². The molecule has 3 heterocycles. The SMILES string of the molecule is C.Fc1[c-]c(-c2ccccn2)cc(F)c1.[Ir].c1ccc(-c2cccc(-c3ccccn3)n2)cc1. The van der Waals surface area contributed by atoms with Gasteiger partial charge in [0.1, 0.15) is 0 Å². The van der Waals surface area contributed by atoms with E-state index in [9.17, 15) is 8.78 Å².